The molecule has 1 aromatic carbocycles. The molecule has 0 spiro atoms. The third kappa shape index (κ3) is 11.1. The Morgan fingerprint density at radius 1 is 0.929 bits per heavy atom. The van der Waals surface area contributed by atoms with Gasteiger partial charge in [0.2, 0.25) is 17.7 Å². The summed E-state index contributed by atoms with van der Waals surface area (Å²) < 4.78 is 0. The highest BCUT2D eigenvalue weighted by molar-refractivity contribution is 5.94. The first kappa shape index (κ1) is 33.6. The number of rotatable bonds is 16. The Hall–Kier alpha value is -4.60. The largest absolute Gasteiger partial charge is 0.508 e. The minimum Gasteiger partial charge on any atom is -0.508 e. The third-order valence-electron chi connectivity index (χ3n) is 6.69. The number of nitrogens with one attached hydrogen (secondary N) is 2. The zero-order chi connectivity index (χ0) is 31.2. The number of hydrogen-bond acceptors (Lipinski definition) is 8. The molecule has 0 aromatic heterocycles. The smallest absolute Gasteiger partial charge is 0.326 e. The van der Waals surface area contributed by atoms with Gasteiger partial charge >= 0.3 is 5.97 Å². The van der Waals surface area contributed by atoms with Gasteiger partial charge in [-0.05, 0) is 56.2 Å². The summed E-state index contributed by atoms with van der Waals surface area (Å²) in [5.41, 5.74) is 27.9. The van der Waals surface area contributed by atoms with E-state index in [1.807, 2.05) is 0 Å². The van der Waals surface area contributed by atoms with Crippen LogP contribution in [0.5, 0.6) is 5.75 Å². The SMILES string of the molecule is NC(N)=NCCCC(N)C(=O)NC(Cc1ccc(O)cc1)C(=O)N1CCCC1C(=O)NC(CCCN=C(N)N)C(=O)O. The number of hydrogen-bond donors (Lipinski definition) is 9. The van der Waals surface area contributed by atoms with Gasteiger partial charge in [0.1, 0.15) is 23.9 Å². The summed E-state index contributed by atoms with van der Waals surface area (Å²) in [7, 11) is 0. The number of benzene rings is 1. The van der Waals surface area contributed by atoms with Crippen molar-refractivity contribution in [2.75, 3.05) is 19.6 Å². The molecule has 1 aromatic rings. The summed E-state index contributed by atoms with van der Waals surface area (Å²) in [6.45, 7) is 0.728. The maximum atomic E-state index is 13.8. The van der Waals surface area contributed by atoms with E-state index in [0.29, 0.717) is 31.2 Å². The maximum absolute atomic E-state index is 13.8. The van der Waals surface area contributed by atoms with Crippen molar-refractivity contribution in [3.8, 4) is 5.75 Å². The topological polar surface area (TPSA) is 291 Å². The average Bonchev–Trinajstić information content (AvgIpc) is 3.42. The normalized spacial score (nSPS) is 16.5. The van der Waals surface area contributed by atoms with Crippen molar-refractivity contribution in [3.63, 3.8) is 0 Å². The number of aliphatic imine (C=N–C) groups is 2. The molecule has 1 aliphatic rings. The molecule has 1 heterocycles. The first-order chi connectivity index (χ1) is 19.9. The van der Waals surface area contributed by atoms with Crippen LogP contribution in [-0.4, -0.2) is 94.5 Å². The molecule has 0 bridgehead atoms. The van der Waals surface area contributed by atoms with Gasteiger partial charge in [-0.3, -0.25) is 24.4 Å². The molecule has 42 heavy (non-hydrogen) atoms. The van der Waals surface area contributed by atoms with E-state index in [9.17, 15) is 29.4 Å². The Morgan fingerprint density at radius 3 is 2.10 bits per heavy atom. The highest BCUT2D eigenvalue weighted by Crippen LogP contribution is 2.21. The Labute approximate surface area is 243 Å². The maximum Gasteiger partial charge on any atom is 0.326 e. The molecular weight excluding hydrogens is 548 g/mol. The summed E-state index contributed by atoms with van der Waals surface area (Å²) in [4.78, 5) is 60.6. The summed E-state index contributed by atoms with van der Waals surface area (Å²) >= 11 is 0. The Morgan fingerprint density at radius 2 is 1.52 bits per heavy atom. The minimum atomic E-state index is -1.23. The molecule has 232 valence electrons. The molecule has 0 radical (unpaired) electrons. The molecule has 1 saturated heterocycles. The van der Waals surface area contributed by atoms with E-state index in [4.69, 9.17) is 28.7 Å². The number of aromatic hydroxyl groups is 1. The van der Waals surface area contributed by atoms with E-state index in [0.717, 1.165) is 0 Å². The average molecular weight is 591 g/mol. The van der Waals surface area contributed by atoms with Crippen LogP contribution in [0.3, 0.4) is 0 Å². The second kappa shape index (κ2) is 16.6. The number of carbonyl (C=O) groups excluding carboxylic acids is 3. The summed E-state index contributed by atoms with van der Waals surface area (Å²) in [5.74, 6) is -3.07. The van der Waals surface area contributed by atoms with Crippen LogP contribution in [0.1, 0.15) is 44.1 Å². The number of carbonyl (C=O) groups is 4. The molecular formula is C26H42N10O6. The van der Waals surface area contributed by atoms with Crippen molar-refractivity contribution < 1.29 is 29.4 Å². The number of phenolic OH excluding ortho intramolecular Hbond substituents is 1. The van der Waals surface area contributed by atoms with Crippen LogP contribution >= 0.6 is 0 Å². The molecule has 4 atom stereocenters. The standard InChI is InChI=1S/C26H42N10O6/c27-17(4-1-11-32-25(28)29)21(38)35-19(14-15-7-9-16(37)10-8-15)23(40)36-13-3-6-20(36)22(39)34-18(24(41)42)5-2-12-33-26(30)31/h7-10,17-20,37H,1-6,11-14,27H2,(H,34,39)(H,35,38)(H,41,42)(H4,28,29,32)(H4,30,31,33). The molecule has 1 fully saturated rings. The lowest BCUT2D eigenvalue weighted by Crippen LogP contribution is -2.57. The van der Waals surface area contributed by atoms with Crippen LogP contribution in [0.4, 0.5) is 0 Å². The van der Waals surface area contributed by atoms with Gasteiger partial charge in [0.25, 0.3) is 0 Å². The molecule has 4 unspecified atom stereocenters. The summed E-state index contributed by atoms with van der Waals surface area (Å²) in [5, 5.41) is 24.5. The van der Waals surface area contributed by atoms with Crippen LogP contribution in [-0.2, 0) is 25.6 Å². The fourth-order valence-corrected chi connectivity index (χ4v) is 4.53. The fraction of sp³-hybridized carbons (Fsp3) is 0.538. The first-order valence-corrected chi connectivity index (χ1v) is 13.7. The van der Waals surface area contributed by atoms with Crippen molar-refractivity contribution in [2.45, 2.75) is 69.1 Å². The molecule has 16 heteroatoms. The molecule has 3 amide bonds. The van der Waals surface area contributed by atoms with E-state index in [2.05, 4.69) is 20.6 Å². The Balaban J connectivity index is 2.15. The van der Waals surface area contributed by atoms with Crippen LogP contribution in [0.15, 0.2) is 34.3 Å². The zero-order valence-electron chi connectivity index (χ0n) is 23.4. The van der Waals surface area contributed by atoms with Crippen molar-refractivity contribution in [3.05, 3.63) is 29.8 Å². The highest BCUT2D eigenvalue weighted by Gasteiger charge is 2.39. The molecule has 14 N–H and O–H groups in total. The number of nitrogens with zero attached hydrogens (tertiary/aromatic N) is 3. The van der Waals surface area contributed by atoms with E-state index < -0.39 is 47.9 Å². The molecule has 0 aliphatic carbocycles. The van der Waals surface area contributed by atoms with Crippen LogP contribution in [0.25, 0.3) is 0 Å². The number of nitrogens with two attached hydrogens (primary N) is 5. The predicted molar refractivity (Wildman–Crippen MR) is 156 cm³/mol. The van der Waals surface area contributed by atoms with Crippen LogP contribution in [0, 0.1) is 0 Å². The Bertz CT molecular complexity index is 1130. The van der Waals surface area contributed by atoms with Crippen molar-refractivity contribution in [1.82, 2.24) is 15.5 Å². The fourth-order valence-electron chi connectivity index (χ4n) is 4.53. The number of carboxylic acids is 1. The van der Waals surface area contributed by atoms with Gasteiger partial charge in [-0.2, -0.15) is 0 Å². The van der Waals surface area contributed by atoms with Crippen LogP contribution in [0.2, 0.25) is 0 Å². The lowest BCUT2D eigenvalue weighted by molar-refractivity contribution is -0.145. The van der Waals surface area contributed by atoms with Gasteiger partial charge in [0.05, 0.1) is 6.04 Å². The van der Waals surface area contributed by atoms with Gasteiger partial charge in [-0.15, -0.1) is 0 Å². The second-order valence-corrected chi connectivity index (χ2v) is 10.0. The van der Waals surface area contributed by atoms with Crippen molar-refractivity contribution in [2.24, 2.45) is 38.7 Å². The number of guanidine groups is 2. The number of amides is 3. The molecule has 0 saturated carbocycles. The van der Waals surface area contributed by atoms with Gasteiger partial charge < -0.3 is 54.4 Å². The van der Waals surface area contributed by atoms with Crippen LogP contribution < -0.4 is 39.3 Å². The number of phenols is 1. The van der Waals surface area contributed by atoms with Crippen molar-refractivity contribution >= 4 is 35.6 Å². The molecule has 16 nitrogen and oxygen atoms in total. The number of carboxylic acid groups (broad SMARTS) is 1. The predicted octanol–water partition coefficient (Wildman–Crippen LogP) is -2.59. The van der Waals surface area contributed by atoms with E-state index in [1.165, 1.54) is 17.0 Å². The van der Waals surface area contributed by atoms with E-state index in [-0.39, 0.29) is 56.6 Å². The lowest BCUT2D eigenvalue weighted by atomic mass is 10.0. The minimum absolute atomic E-state index is 0.0380. The lowest BCUT2D eigenvalue weighted by Gasteiger charge is -2.30. The van der Waals surface area contributed by atoms with Gasteiger partial charge in [0.15, 0.2) is 11.9 Å². The summed E-state index contributed by atoms with van der Waals surface area (Å²) in [6, 6.07) is 2.00. The van der Waals surface area contributed by atoms with E-state index >= 15 is 0 Å². The third-order valence-corrected chi connectivity index (χ3v) is 6.69. The quantitative estimate of drug-likeness (QED) is 0.0547. The molecule has 1 aliphatic heterocycles. The van der Waals surface area contributed by atoms with Gasteiger partial charge in [0, 0.05) is 26.1 Å². The second-order valence-electron chi connectivity index (χ2n) is 10.0. The monoisotopic (exact) mass is 590 g/mol. The van der Waals surface area contributed by atoms with Gasteiger partial charge in [-0.1, -0.05) is 12.1 Å². The van der Waals surface area contributed by atoms with Crippen molar-refractivity contribution in [1.29, 1.82) is 0 Å². The first-order valence-electron chi connectivity index (χ1n) is 13.7. The zero-order valence-corrected chi connectivity index (χ0v) is 23.4. The highest BCUT2D eigenvalue weighted by atomic mass is 16.4. The number of likely N-dealkylation sites (tertiary alicyclic amines) is 1. The molecule has 2 rings (SSSR count). The summed E-state index contributed by atoms with van der Waals surface area (Å²) in [6.07, 6.45) is 2.00. The van der Waals surface area contributed by atoms with Gasteiger partial charge in [-0.25, -0.2) is 4.79 Å². The Kier molecular flexibility index (Phi) is 13.3. The number of aliphatic carboxylic acids is 1. The van der Waals surface area contributed by atoms with E-state index in [1.54, 1.807) is 12.1 Å².